The van der Waals surface area contributed by atoms with Crippen molar-refractivity contribution in [3.8, 4) is 0 Å². The third-order valence-electron chi connectivity index (χ3n) is 3.98. The molecule has 19 heavy (non-hydrogen) atoms. The van der Waals surface area contributed by atoms with Crippen molar-refractivity contribution < 1.29 is 0 Å². The average molecular weight is 272 g/mol. The van der Waals surface area contributed by atoms with Crippen molar-refractivity contribution in [1.82, 2.24) is 5.32 Å². The Morgan fingerprint density at radius 3 is 2.89 bits per heavy atom. The smallest absolute Gasteiger partial charge is 0.0408 e. The van der Waals surface area contributed by atoms with E-state index in [-0.39, 0.29) is 0 Å². The van der Waals surface area contributed by atoms with Crippen molar-refractivity contribution in [1.29, 1.82) is 0 Å². The lowest BCUT2D eigenvalue weighted by Crippen LogP contribution is -2.19. The quantitative estimate of drug-likeness (QED) is 0.871. The number of rotatable bonds is 3. The summed E-state index contributed by atoms with van der Waals surface area (Å²) in [6.07, 6.45) is 2.39. The molecule has 0 amide bonds. The van der Waals surface area contributed by atoms with Gasteiger partial charge >= 0.3 is 0 Å². The van der Waals surface area contributed by atoms with Gasteiger partial charge in [0.1, 0.15) is 0 Å². The molecule has 0 saturated carbocycles. The Bertz CT molecular complexity index is 592. The molecule has 0 spiro atoms. The minimum atomic E-state index is 0.492. The summed E-state index contributed by atoms with van der Waals surface area (Å²) in [5.74, 6) is 0. The Hall–Kier alpha value is -1.31. The summed E-state index contributed by atoms with van der Waals surface area (Å²) >= 11 is 5.99. The maximum Gasteiger partial charge on any atom is 0.0408 e. The first-order chi connectivity index (χ1) is 9.24. The molecule has 2 aromatic carbocycles. The van der Waals surface area contributed by atoms with Crippen LogP contribution in [-0.4, -0.2) is 0 Å². The van der Waals surface area contributed by atoms with Gasteiger partial charge in [-0.1, -0.05) is 41.9 Å². The first-order valence-corrected chi connectivity index (χ1v) is 7.18. The molecule has 0 aromatic heterocycles. The normalized spacial score (nSPS) is 17.5. The Morgan fingerprint density at radius 2 is 2.05 bits per heavy atom. The van der Waals surface area contributed by atoms with Gasteiger partial charge in [-0.3, -0.25) is 0 Å². The molecule has 2 heteroatoms. The zero-order chi connectivity index (χ0) is 13.2. The third kappa shape index (κ3) is 2.68. The van der Waals surface area contributed by atoms with E-state index in [1.165, 1.54) is 35.1 Å². The number of hydrogen-bond acceptors (Lipinski definition) is 1. The molecule has 0 aliphatic heterocycles. The van der Waals surface area contributed by atoms with Gasteiger partial charge in [-0.2, -0.15) is 0 Å². The molecule has 0 fully saturated rings. The second kappa shape index (κ2) is 5.36. The second-order valence-corrected chi connectivity index (χ2v) is 5.68. The van der Waals surface area contributed by atoms with Gasteiger partial charge in [-0.25, -0.2) is 0 Å². The first kappa shape index (κ1) is 12.7. The highest BCUT2D eigenvalue weighted by Crippen LogP contribution is 2.31. The fraction of sp³-hybridized carbons (Fsp3) is 0.294. The SMILES string of the molecule is Cc1cc(Cl)ccc1CNC1CCc2ccccc21. The summed E-state index contributed by atoms with van der Waals surface area (Å²) in [5, 5.41) is 4.48. The number of halogens is 1. The Kier molecular flexibility index (Phi) is 3.58. The predicted octanol–water partition coefficient (Wildman–Crippen LogP) is 4.43. The lowest BCUT2D eigenvalue weighted by molar-refractivity contribution is 0.529. The van der Waals surface area contributed by atoms with E-state index in [4.69, 9.17) is 11.6 Å². The topological polar surface area (TPSA) is 12.0 Å². The van der Waals surface area contributed by atoms with Gasteiger partial charge in [0, 0.05) is 17.6 Å². The van der Waals surface area contributed by atoms with Gasteiger partial charge in [0.15, 0.2) is 0 Å². The van der Waals surface area contributed by atoms with Gasteiger partial charge in [-0.05, 0) is 54.2 Å². The molecule has 1 N–H and O–H groups in total. The van der Waals surface area contributed by atoms with Crippen molar-refractivity contribution >= 4 is 11.6 Å². The summed E-state index contributed by atoms with van der Waals surface area (Å²) in [4.78, 5) is 0. The van der Waals surface area contributed by atoms with Crippen LogP contribution in [0.4, 0.5) is 0 Å². The molecule has 0 saturated heterocycles. The van der Waals surface area contributed by atoms with Crippen molar-refractivity contribution in [3.05, 3.63) is 69.7 Å². The van der Waals surface area contributed by atoms with Crippen LogP contribution in [0.5, 0.6) is 0 Å². The van der Waals surface area contributed by atoms with Crippen LogP contribution in [0.1, 0.15) is 34.7 Å². The van der Waals surface area contributed by atoms with E-state index < -0.39 is 0 Å². The molecule has 1 aliphatic carbocycles. The maximum absolute atomic E-state index is 5.99. The average Bonchev–Trinajstić information content (AvgIpc) is 2.81. The van der Waals surface area contributed by atoms with E-state index >= 15 is 0 Å². The summed E-state index contributed by atoms with van der Waals surface area (Å²) in [6.45, 7) is 3.02. The van der Waals surface area contributed by atoms with Crippen molar-refractivity contribution in [3.63, 3.8) is 0 Å². The summed E-state index contributed by atoms with van der Waals surface area (Å²) in [7, 11) is 0. The number of aryl methyl sites for hydroxylation is 2. The van der Waals surface area contributed by atoms with E-state index in [9.17, 15) is 0 Å². The van der Waals surface area contributed by atoms with Crippen LogP contribution in [0.3, 0.4) is 0 Å². The van der Waals surface area contributed by atoms with Gasteiger partial charge in [-0.15, -0.1) is 0 Å². The highest BCUT2D eigenvalue weighted by molar-refractivity contribution is 6.30. The fourth-order valence-electron chi connectivity index (χ4n) is 2.86. The van der Waals surface area contributed by atoms with Crippen LogP contribution in [0.15, 0.2) is 42.5 Å². The molecule has 98 valence electrons. The fourth-order valence-corrected chi connectivity index (χ4v) is 3.09. The minimum absolute atomic E-state index is 0.492. The van der Waals surface area contributed by atoms with Crippen LogP contribution in [0, 0.1) is 6.92 Å². The zero-order valence-corrected chi connectivity index (χ0v) is 11.9. The number of hydrogen-bond donors (Lipinski definition) is 1. The molecule has 1 atom stereocenters. The lowest BCUT2D eigenvalue weighted by Gasteiger charge is -2.15. The van der Waals surface area contributed by atoms with Crippen LogP contribution in [0.2, 0.25) is 5.02 Å². The van der Waals surface area contributed by atoms with Gasteiger partial charge in [0.2, 0.25) is 0 Å². The van der Waals surface area contributed by atoms with E-state index in [0.717, 1.165) is 11.6 Å². The van der Waals surface area contributed by atoms with Gasteiger partial charge in [0.05, 0.1) is 0 Å². The third-order valence-corrected chi connectivity index (χ3v) is 4.21. The van der Waals surface area contributed by atoms with Crippen LogP contribution < -0.4 is 5.32 Å². The van der Waals surface area contributed by atoms with Crippen molar-refractivity contribution in [2.75, 3.05) is 0 Å². The largest absolute Gasteiger partial charge is 0.306 e. The van der Waals surface area contributed by atoms with Crippen molar-refractivity contribution in [2.24, 2.45) is 0 Å². The van der Waals surface area contributed by atoms with E-state index in [1.54, 1.807) is 0 Å². The lowest BCUT2D eigenvalue weighted by atomic mass is 10.1. The van der Waals surface area contributed by atoms with E-state index in [1.807, 2.05) is 12.1 Å². The monoisotopic (exact) mass is 271 g/mol. The van der Waals surface area contributed by atoms with E-state index in [0.29, 0.717) is 6.04 Å². The molecular weight excluding hydrogens is 254 g/mol. The predicted molar refractivity (Wildman–Crippen MR) is 80.5 cm³/mol. The molecular formula is C17H18ClN. The number of nitrogens with one attached hydrogen (secondary N) is 1. The minimum Gasteiger partial charge on any atom is -0.306 e. The van der Waals surface area contributed by atoms with Crippen molar-refractivity contribution in [2.45, 2.75) is 32.4 Å². The molecule has 2 aromatic rings. The Balaban J connectivity index is 1.71. The molecule has 0 bridgehead atoms. The molecule has 3 rings (SSSR count). The molecule has 0 radical (unpaired) electrons. The first-order valence-electron chi connectivity index (χ1n) is 6.80. The molecule has 1 unspecified atom stereocenters. The molecule has 0 heterocycles. The number of benzene rings is 2. The maximum atomic E-state index is 5.99. The summed E-state index contributed by atoms with van der Waals surface area (Å²) < 4.78 is 0. The van der Waals surface area contributed by atoms with Crippen LogP contribution in [-0.2, 0) is 13.0 Å². The van der Waals surface area contributed by atoms with Gasteiger partial charge in [0.25, 0.3) is 0 Å². The van der Waals surface area contributed by atoms with E-state index in [2.05, 4.69) is 42.6 Å². The molecule has 1 aliphatic rings. The second-order valence-electron chi connectivity index (χ2n) is 5.24. The zero-order valence-electron chi connectivity index (χ0n) is 11.1. The highest BCUT2D eigenvalue weighted by atomic mass is 35.5. The Labute approximate surface area is 119 Å². The molecule has 1 nitrogen and oxygen atoms in total. The summed E-state index contributed by atoms with van der Waals surface area (Å²) in [5.41, 5.74) is 5.54. The summed E-state index contributed by atoms with van der Waals surface area (Å²) in [6, 6.07) is 15.4. The van der Waals surface area contributed by atoms with Gasteiger partial charge < -0.3 is 5.32 Å². The van der Waals surface area contributed by atoms with Crippen LogP contribution >= 0.6 is 11.6 Å². The van der Waals surface area contributed by atoms with Crippen LogP contribution in [0.25, 0.3) is 0 Å². The Morgan fingerprint density at radius 1 is 1.21 bits per heavy atom. The number of fused-ring (bicyclic) bond motifs is 1. The highest BCUT2D eigenvalue weighted by Gasteiger charge is 2.21. The standard InChI is InChI=1S/C17H18ClN/c1-12-10-15(18)8-6-14(12)11-19-17-9-7-13-4-2-3-5-16(13)17/h2-6,8,10,17,19H,7,9,11H2,1H3.